The summed E-state index contributed by atoms with van der Waals surface area (Å²) in [4.78, 5) is 47.0. The fourth-order valence-electron chi connectivity index (χ4n) is 3.47. The molecule has 152 valence electrons. The molecule has 1 aromatic carbocycles. The topological polar surface area (TPSA) is 116 Å². The van der Waals surface area contributed by atoms with Gasteiger partial charge in [0.15, 0.2) is 0 Å². The second-order valence-corrected chi connectivity index (χ2v) is 7.36. The molecule has 1 fully saturated rings. The largest absolute Gasteiger partial charge is 0.378 e. The van der Waals surface area contributed by atoms with Crippen molar-refractivity contribution >= 4 is 40.9 Å². The van der Waals surface area contributed by atoms with Crippen LogP contribution in [0.2, 0.25) is 5.02 Å². The quantitative estimate of drug-likeness (QED) is 0.699. The van der Waals surface area contributed by atoms with Crippen LogP contribution in [0.3, 0.4) is 0 Å². The van der Waals surface area contributed by atoms with E-state index in [0.29, 0.717) is 48.5 Å². The van der Waals surface area contributed by atoms with Crippen molar-refractivity contribution in [3.8, 4) is 0 Å². The Hall–Kier alpha value is -2.91. The molecule has 9 nitrogen and oxygen atoms in total. The third kappa shape index (κ3) is 3.83. The maximum atomic E-state index is 12.9. The normalized spacial score (nSPS) is 18.8. The highest BCUT2D eigenvalue weighted by Gasteiger charge is 2.35. The van der Waals surface area contributed by atoms with Gasteiger partial charge in [-0.15, -0.1) is 0 Å². The lowest BCUT2D eigenvalue weighted by molar-refractivity contribution is -0.123. The summed E-state index contributed by atoms with van der Waals surface area (Å²) >= 11 is 6.11. The predicted octanol–water partition coefficient (Wildman–Crippen LogP) is 1.63. The van der Waals surface area contributed by atoms with Gasteiger partial charge in [-0.3, -0.25) is 19.4 Å². The van der Waals surface area contributed by atoms with Gasteiger partial charge in [0.1, 0.15) is 5.82 Å². The lowest BCUT2D eigenvalue weighted by atomic mass is 9.92. The average molecular weight is 418 g/mol. The molecular formula is C19H20ClN5O4. The zero-order chi connectivity index (χ0) is 20.5. The number of rotatable bonds is 3. The van der Waals surface area contributed by atoms with Gasteiger partial charge in [-0.2, -0.15) is 4.98 Å². The van der Waals surface area contributed by atoms with Crippen LogP contribution in [0, 0.1) is 6.92 Å². The van der Waals surface area contributed by atoms with Crippen LogP contribution in [0.25, 0.3) is 0 Å². The van der Waals surface area contributed by atoms with Gasteiger partial charge < -0.3 is 20.3 Å². The summed E-state index contributed by atoms with van der Waals surface area (Å²) in [6.45, 7) is 3.98. The third-order valence-electron chi connectivity index (χ3n) is 5.09. The highest BCUT2D eigenvalue weighted by Crippen LogP contribution is 2.31. The van der Waals surface area contributed by atoms with Crippen LogP contribution in [0.4, 0.5) is 17.5 Å². The van der Waals surface area contributed by atoms with Crippen LogP contribution in [-0.4, -0.2) is 48.1 Å². The van der Waals surface area contributed by atoms with Crippen molar-refractivity contribution < 1.29 is 14.3 Å². The Bertz CT molecular complexity index is 1030. The van der Waals surface area contributed by atoms with E-state index < -0.39 is 17.4 Å². The molecule has 2 amide bonds. The molecule has 0 spiro atoms. The predicted molar refractivity (Wildman–Crippen MR) is 109 cm³/mol. The monoisotopic (exact) mass is 417 g/mol. The maximum absolute atomic E-state index is 12.9. The van der Waals surface area contributed by atoms with Crippen molar-refractivity contribution in [1.82, 2.24) is 9.97 Å². The fraction of sp³-hybridized carbons (Fsp3) is 0.368. The molecule has 4 rings (SSSR count). The van der Waals surface area contributed by atoms with Gasteiger partial charge in [-0.25, -0.2) is 0 Å². The summed E-state index contributed by atoms with van der Waals surface area (Å²) in [6, 6.07) is 5.15. The Morgan fingerprint density at radius 3 is 2.83 bits per heavy atom. The molecule has 10 heteroatoms. The molecule has 1 saturated heterocycles. The van der Waals surface area contributed by atoms with Crippen molar-refractivity contribution in [2.24, 2.45) is 0 Å². The van der Waals surface area contributed by atoms with Crippen LogP contribution in [-0.2, 0) is 14.3 Å². The summed E-state index contributed by atoms with van der Waals surface area (Å²) in [5.74, 6) is -1.31. The van der Waals surface area contributed by atoms with Crippen molar-refractivity contribution in [1.29, 1.82) is 0 Å². The van der Waals surface area contributed by atoms with Gasteiger partial charge in [-0.1, -0.05) is 17.7 Å². The second-order valence-electron chi connectivity index (χ2n) is 6.96. The summed E-state index contributed by atoms with van der Waals surface area (Å²) in [5, 5.41) is 5.91. The SMILES string of the molecule is Cc1c(Cl)cccc1NC(=O)[C@@H]1CC(=O)Nc2nc(N3CCOCC3)[nH]c(=O)c21. The molecule has 0 unspecified atom stereocenters. The van der Waals surface area contributed by atoms with Gasteiger partial charge in [0.05, 0.1) is 24.7 Å². The van der Waals surface area contributed by atoms with Crippen LogP contribution in [0.1, 0.15) is 23.5 Å². The maximum Gasteiger partial charge on any atom is 0.258 e. The molecule has 2 aliphatic heterocycles. The van der Waals surface area contributed by atoms with E-state index in [1.807, 2.05) is 4.90 Å². The molecule has 0 saturated carbocycles. The first-order valence-electron chi connectivity index (χ1n) is 9.27. The Morgan fingerprint density at radius 2 is 2.07 bits per heavy atom. The van der Waals surface area contributed by atoms with Crippen molar-refractivity contribution in [2.45, 2.75) is 19.3 Å². The van der Waals surface area contributed by atoms with E-state index in [4.69, 9.17) is 16.3 Å². The summed E-state index contributed by atoms with van der Waals surface area (Å²) in [7, 11) is 0. The van der Waals surface area contributed by atoms with Crippen LogP contribution in [0.5, 0.6) is 0 Å². The number of anilines is 3. The molecule has 3 N–H and O–H groups in total. The van der Waals surface area contributed by atoms with Crippen LogP contribution >= 0.6 is 11.6 Å². The van der Waals surface area contributed by atoms with Gasteiger partial charge in [0.2, 0.25) is 17.8 Å². The first-order chi connectivity index (χ1) is 13.9. The number of ether oxygens (including phenoxy) is 1. The number of nitrogens with one attached hydrogen (secondary N) is 3. The Morgan fingerprint density at radius 1 is 1.31 bits per heavy atom. The number of amides is 2. The molecular weight excluding hydrogens is 398 g/mol. The smallest absolute Gasteiger partial charge is 0.258 e. The number of fused-ring (bicyclic) bond motifs is 1. The number of halogens is 1. The molecule has 0 aliphatic carbocycles. The first kappa shape index (κ1) is 19.4. The zero-order valence-electron chi connectivity index (χ0n) is 15.8. The van der Waals surface area contributed by atoms with E-state index in [1.54, 1.807) is 25.1 Å². The Kier molecular flexibility index (Phi) is 5.25. The van der Waals surface area contributed by atoms with E-state index in [0.717, 1.165) is 0 Å². The van der Waals surface area contributed by atoms with Gasteiger partial charge >= 0.3 is 0 Å². The summed E-state index contributed by atoms with van der Waals surface area (Å²) in [5.41, 5.74) is 0.945. The number of H-pyrrole nitrogens is 1. The number of benzene rings is 1. The molecule has 1 aromatic heterocycles. The molecule has 1 atom stereocenters. The van der Waals surface area contributed by atoms with Crippen molar-refractivity contribution in [3.63, 3.8) is 0 Å². The highest BCUT2D eigenvalue weighted by atomic mass is 35.5. The molecule has 3 heterocycles. The first-order valence-corrected chi connectivity index (χ1v) is 9.64. The zero-order valence-corrected chi connectivity index (χ0v) is 16.5. The average Bonchev–Trinajstić information content (AvgIpc) is 2.71. The summed E-state index contributed by atoms with van der Waals surface area (Å²) < 4.78 is 5.31. The lowest BCUT2D eigenvalue weighted by Crippen LogP contribution is -2.41. The van der Waals surface area contributed by atoms with Crippen molar-refractivity contribution in [3.05, 3.63) is 44.7 Å². The minimum Gasteiger partial charge on any atom is -0.378 e. The van der Waals surface area contributed by atoms with Gasteiger partial charge in [0, 0.05) is 30.2 Å². The number of nitrogens with zero attached hydrogens (tertiary/aromatic N) is 2. The Labute approximate surface area is 171 Å². The standard InChI is InChI=1S/C19H20ClN5O4/c1-10-12(20)3-2-4-13(10)21-17(27)11-9-14(26)22-16-15(11)18(28)24-19(23-16)25-5-7-29-8-6-25/h2-4,11H,5-9H2,1H3,(H,21,27)(H2,22,23,24,26,28)/t11-/m1/s1. The fourth-order valence-corrected chi connectivity index (χ4v) is 3.65. The van der Waals surface area contributed by atoms with E-state index in [-0.39, 0.29) is 23.7 Å². The molecule has 0 bridgehead atoms. The number of aromatic nitrogens is 2. The number of carbonyl (C=O) groups is 2. The summed E-state index contributed by atoms with van der Waals surface area (Å²) in [6.07, 6.45) is -0.139. The van der Waals surface area contributed by atoms with Gasteiger partial charge in [0.25, 0.3) is 5.56 Å². The van der Waals surface area contributed by atoms with E-state index in [2.05, 4.69) is 20.6 Å². The number of carbonyl (C=O) groups excluding carboxylic acids is 2. The highest BCUT2D eigenvalue weighted by molar-refractivity contribution is 6.31. The Balaban J connectivity index is 1.66. The minimum atomic E-state index is -0.952. The molecule has 2 aliphatic rings. The molecule has 0 radical (unpaired) electrons. The van der Waals surface area contributed by atoms with Crippen LogP contribution in [0.15, 0.2) is 23.0 Å². The van der Waals surface area contributed by atoms with Crippen LogP contribution < -0.4 is 21.1 Å². The van der Waals surface area contributed by atoms with E-state index in [1.165, 1.54) is 0 Å². The third-order valence-corrected chi connectivity index (χ3v) is 5.50. The molecule has 29 heavy (non-hydrogen) atoms. The van der Waals surface area contributed by atoms with E-state index in [9.17, 15) is 14.4 Å². The number of aromatic amines is 1. The second kappa shape index (κ2) is 7.84. The van der Waals surface area contributed by atoms with E-state index >= 15 is 0 Å². The van der Waals surface area contributed by atoms with Gasteiger partial charge in [-0.05, 0) is 24.6 Å². The number of hydrogen-bond donors (Lipinski definition) is 3. The minimum absolute atomic E-state index is 0.120. The number of morpholine rings is 1. The van der Waals surface area contributed by atoms with Crippen molar-refractivity contribution in [2.75, 3.05) is 41.8 Å². The number of hydrogen-bond acceptors (Lipinski definition) is 6. The lowest BCUT2D eigenvalue weighted by Gasteiger charge is -2.29. The molecule has 2 aromatic rings.